The molecule has 0 unspecified atom stereocenters. The van der Waals surface area contributed by atoms with E-state index in [2.05, 4.69) is 20.5 Å². The van der Waals surface area contributed by atoms with Gasteiger partial charge in [-0.15, -0.1) is 0 Å². The predicted molar refractivity (Wildman–Crippen MR) is 103 cm³/mol. The Morgan fingerprint density at radius 2 is 2.00 bits per heavy atom. The molecule has 138 valence electrons. The molecule has 9 heteroatoms. The first kappa shape index (κ1) is 17.5. The molecule has 0 atom stereocenters. The van der Waals surface area contributed by atoms with Gasteiger partial charge in [0.05, 0.1) is 23.8 Å². The zero-order chi connectivity index (χ0) is 19.0. The smallest absolute Gasteiger partial charge is 0.256 e. The highest BCUT2D eigenvalue weighted by atomic mass is 32.2. The molecular formula is C18H19N7OS. The number of tetrazole rings is 1. The second kappa shape index (κ2) is 6.99. The number of thioether (sulfide) groups is 1. The van der Waals surface area contributed by atoms with Gasteiger partial charge in [0.15, 0.2) is 5.16 Å². The number of fused-ring (bicyclic) bond motifs is 1. The van der Waals surface area contributed by atoms with Crippen LogP contribution in [-0.2, 0) is 12.8 Å². The summed E-state index contributed by atoms with van der Waals surface area (Å²) in [5.41, 5.74) is 4.91. The van der Waals surface area contributed by atoms with E-state index in [9.17, 15) is 0 Å². The average Bonchev–Trinajstić information content (AvgIpc) is 3.24. The molecule has 0 saturated heterocycles. The van der Waals surface area contributed by atoms with Crippen LogP contribution in [0.1, 0.15) is 16.8 Å². The summed E-state index contributed by atoms with van der Waals surface area (Å²) in [5, 5.41) is 12.7. The SMILES string of the molecule is COc1c(C)cnc(CSc2nc3ccccc3n2-c2nnnn2C)c1C. The van der Waals surface area contributed by atoms with Crippen molar-refractivity contribution in [1.82, 2.24) is 34.7 Å². The average molecular weight is 381 g/mol. The van der Waals surface area contributed by atoms with E-state index in [1.165, 1.54) is 0 Å². The van der Waals surface area contributed by atoms with E-state index in [1.807, 2.05) is 55.9 Å². The molecule has 3 aromatic heterocycles. The molecule has 8 nitrogen and oxygen atoms in total. The minimum absolute atomic E-state index is 0.623. The van der Waals surface area contributed by atoms with Crippen LogP contribution in [0.15, 0.2) is 35.6 Å². The summed E-state index contributed by atoms with van der Waals surface area (Å²) in [6, 6.07) is 7.95. The molecule has 0 bridgehead atoms. The third-order valence-corrected chi connectivity index (χ3v) is 5.37. The second-order valence-electron chi connectivity index (χ2n) is 6.16. The molecule has 4 rings (SSSR count). The van der Waals surface area contributed by atoms with Crippen molar-refractivity contribution in [3.8, 4) is 11.7 Å². The van der Waals surface area contributed by atoms with Crippen molar-refractivity contribution in [2.75, 3.05) is 7.11 Å². The first-order valence-corrected chi connectivity index (χ1v) is 9.40. The minimum atomic E-state index is 0.623. The number of imidazole rings is 1. The standard InChI is InChI=1S/C18H19N7OS/c1-11-9-19-14(12(2)16(11)26-4)10-27-18-20-13-7-5-6-8-15(13)25(18)17-21-22-23-24(17)3/h5-9H,10H2,1-4H3. The van der Waals surface area contributed by atoms with E-state index < -0.39 is 0 Å². The van der Waals surface area contributed by atoms with Gasteiger partial charge in [-0.3, -0.25) is 9.55 Å². The fourth-order valence-electron chi connectivity index (χ4n) is 3.06. The number of nitrogens with zero attached hydrogens (tertiary/aromatic N) is 7. The number of para-hydroxylation sites is 2. The van der Waals surface area contributed by atoms with Crippen molar-refractivity contribution in [1.29, 1.82) is 0 Å². The number of aromatic nitrogens is 7. The van der Waals surface area contributed by atoms with Crippen molar-refractivity contribution >= 4 is 22.8 Å². The maximum Gasteiger partial charge on any atom is 0.256 e. The minimum Gasteiger partial charge on any atom is -0.496 e. The molecule has 3 heterocycles. The van der Waals surface area contributed by atoms with Crippen LogP contribution < -0.4 is 4.74 Å². The van der Waals surface area contributed by atoms with Crippen molar-refractivity contribution in [2.24, 2.45) is 7.05 Å². The van der Waals surface area contributed by atoms with E-state index in [0.29, 0.717) is 11.7 Å². The third kappa shape index (κ3) is 3.03. The predicted octanol–water partition coefficient (Wildman–Crippen LogP) is 2.86. The van der Waals surface area contributed by atoms with E-state index in [-0.39, 0.29) is 0 Å². The lowest BCUT2D eigenvalue weighted by molar-refractivity contribution is 0.407. The van der Waals surface area contributed by atoms with Crippen molar-refractivity contribution < 1.29 is 4.74 Å². The highest BCUT2D eigenvalue weighted by Crippen LogP contribution is 2.31. The lowest BCUT2D eigenvalue weighted by atomic mass is 10.1. The maximum atomic E-state index is 5.51. The first-order valence-electron chi connectivity index (χ1n) is 8.42. The highest BCUT2D eigenvalue weighted by Gasteiger charge is 2.18. The summed E-state index contributed by atoms with van der Waals surface area (Å²) in [7, 11) is 3.50. The van der Waals surface area contributed by atoms with Crippen LogP contribution in [0.5, 0.6) is 5.75 Å². The maximum absolute atomic E-state index is 5.51. The van der Waals surface area contributed by atoms with Crippen molar-refractivity contribution in [3.05, 3.63) is 47.3 Å². The molecule has 0 N–H and O–H groups in total. The summed E-state index contributed by atoms with van der Waals surface area (Å²) < 4.78 is 9.12. The number of hydrogen-bond acceptors (Lipinski definition) is 7. The molecular weight excluding hydrogens is 362 g/mol. The van der Waals surface area contributed by atoms with Crippen LogP contribution in [0, 0.1) is 13.8 Å². The number of methoxy groups -OCH3 is 1. The van der Waals surface area contributed by atoms with Crippen LogP contribution >= 0.6 is 11.8 Å². The fourth-order valence-corrected chi connectivity index (χ4v) is 4.09. The third-order valence-electron chi connectivity index (χ3n) is 4.42. The number of benzene rings is 1. The summed E-state index contributed by atoms with van der Waals surface area (Å²) >= 11 is 1.60. The zero-order valence-electron chi connectivity index (χ0n) is 15.5. The van der Waals surface area contributed by atoms with Gasteiger partial charge in [-0.2, -0.15) is 0 Å². The Balaban J connectivity index is 1.74. The Kier molecular flexibility index (Phi) is 4.53. The van der Waals surface area contributed by atoms with E-state index in [4.69, 9.17) is 9.72 Å². The summed E-state index contributed by atoms with van der Waals surface area (Å²) in [4.78, 5) is 9.35. The summed E-state index contributed by atoms with van der Waals surface area (Å²) in [6.07, 6.45) is 1.84. The number of ether oxygens (including phenoxy) is 1. The van der Waals surface area contributed by atoms with Gasteiger partial charge in [-0.1, -0.05) is 29.0 Å². The quantitative estimate of drug-likeness (QED) is 0.492. The van der Waals surface area contributed by atoms with Gasteiger partial charge in [-0.05, 0) is 36.4 Å². The van der Waals surface area contributed by atoms with Crippen LogP contribution in [-0.4, -0.2) is 41.9 Å². The Labute approximate surface area is 160 Å². The largest absolute Gasteiger partial charge is 0.496 e. The highest BCUT2D eigenvalue weighted by molar-refractivity contribution is 7.98. The van der Waals surface area contributed by atoms with Crippen molar-refractivity contribution in [2.45, 2.75) is 24.8 Å². The molecule has 0 fully saturated rings. The summed E-state index contributed by atoms with van der Waals surface area (Å²) in [5.74, 6) is 2.17. The van der Waals surface area contributed by atoms with Gasteiger partial charge in [0, 0.05) is 30.1 Å². The molecule has 4 aromatic rings. The van der Waals surface area contributed by atoms with Crippen LogP contribution in [0.3, 0.4) is 0 Å². The lowest BCUT2D eigenvalue weighted by Crippen LogP contribution is -2.06. The lowest BCUT2D eigenvalue weighted by Gasteiger charge is -2.12. The number of hydrogen-bond donors (Lipinski definition) is 0. The first-order chi connectivity index (χ1) is 13.1. The Bertz CT molecular complexity index is 1120. The number of aryl methyl sites for hydroxylation is 2. The van der Waals surface area contributed by atoms with Gasteiger partial charge in [0.1, 0.15) is 5.75 Å². The molecule has 0 amide bonds. The number of pyridine rings is 1. The molecule has 1 aromatic carbocycles. The van der Waals surface area contributed by atoms with Crippen LogP contribution in [0.4, 0.5) is 0 Å². The normalized spacial score (nSPS) is 11.3. The fraction of sp³-hybridized carbons (Fsp3) is 0.278. The van der Waals surface area contributed by atoms with E-state index >= 15 is 0 Å². The summed E-state index contributed by atoms with van der Waals surface area (Å²) in [6.45, 7) is 4.03. The van der Waals surface area contributed by atoms with Gasteiger partial charge in [0.2, 0.25) is 0 Å². The van der Waals surface area contributed by atoms with Gasteiger partial charge < -0.3 is 4.74 Å². The number of rotatable bonds is 5. The second-order valence-corrected chi connectivity index (χ2v) is 7.10. The molecule has 0 aliphatic rings. The Morgan fingerprint density at radius 1 is 1.19 bits per heavy atom. The topological polar surface area (TPSA) is 83.5 Å². The van der Waals surface area contributed by atoms with Crippen LogP contribution in [0.25, 0.3) is 17.0 Å². The molecule has 0 radical (unpaired) electrons. The van der Waals surface area contributed by atoms with Gasteiger partial charge in [-0.25, -0.2) is 9.67 Å². The molecule has 0 saturated carbocycles. The molecule has 0 spiro atoms. The molecule has 27 heavy (non-hydrogen) atoms. The van der Waals surface area contributed by atoms with Crippen molar-refractivity contribution in [3.63, 3.8) is 0 Å². The molecule has 0 aliphatic carbocycles. The zero-order valence-corrected chi connectivity index (χ0v) is 16.4. The van der Waals surface area contributed by atoms with Crippen LogP contribution in [0.2, 0.25) is 0 Å². The van der Waals surface area contributed by atoms with E-state index in [1.54, 1.807) is 23.6 Å². The Hall–Kier alpha value is -2.94. The van der Waals surface area contributed by atoms with Gasteiger partial charge in [0.25, 0.3) is 5.95 Å². The monoisotopic (exact) mass is 381 g/mol. The Morgan fingerprint density at radius 3 is 2.74 bits per heavy atom. The van der Waals surface area contributed by atoms with Gasteiger partial charge >= 0.3 is 0 Å². The molecule has 0 aliphatic heterocycles. The van der Waals surface area contributed by atoms with E-state index in [0.717, 1.165) is 38.8 Å².